The highest BCUT2D eigenvalue weighted by Gasteiger charge is 2.41. The number of nitrogens with one attached hydrogen (secondary N) is 2. The highest BCUT2D eigenvalue weighted by molar-refractivity contribution is 5.94. The monoisotopic (exact) mass is 653 g/mol. The van der Waals surface area contributed by atoms with E-state index < -0.39 is 59.2 Å². The minimum atomic E-state index is -1.35. The van der Waals surface area contributed by atoms with E-state index in [1.807, 2.05) is 51.1 Å². The molecule has 0 bridgehead atoms. The quantitative estimate of drug-likeness (QED) is 0.214. The van der Waals surface area contributed by atoms with E-state index in [1.54, 1.807) is 73.6 Å². The van der Waals surface area contributed by atoms with Crippen molar-refractivity contribution in [1.29, 1.82) is 0 Å². The molecular weight excluding hydrogens is 598 g/mol. The molecule has 4 unspecified atom stereocenters. The number of benzene rings is 2. The lowest BCUT2D eigenvalue weighted by molar-refractivity contribution is -0.159. The number of para-hydroxylation sites is 1. The van der Waals surface area contributed by atoms with E-state index >= 15 is 0 Å². The maximum Gasteiger partial charge on any atom is 0.408 e. The molecule has 0 aliphatic heterocycles. The second-order valence-electron chi connectivity index (χ2n) is 14.5. The van der Waals surface area contributed by atoms with Crippen molar-refractivity contribution in [2.75, 3.05) is 0 Å². The van der Waals surface area contributed by atoms with Gasteiger partial charge in [0.1, 0.15) is 35.1 Å². The minimum absolute atomic E-state index is 0.000241. The number of rotatable bonds is 13. The van der Waals surface area contributed by atoms with Gasteiger partial charge in [0.25, 0.3) is 0 Å². The number of carbonyl (C=O) groups is 4. The Morgan fingerprint density at radius 2 is 1.43 bits per heavy atom. The van der Waals surface area contributed by atoms with E-state index in [0.717, 1.165) is 5.56 Å². The van der Waals surface area contributed by atoms with Gasteiger partial charge in [0.05, 0.1) is 0 Å². The maximum absolute atomic E-state index is 14.6. The van der Waals surface area contributed by atoms with Crippen molar-refractivity contribution in [3.63, 3.8) is 0 Å². The minimum Gasteiger partial charge on any atom is -0.507 e. The average molecular weight is 654 g/mol. The van der Waals surface area contributed by atoms with E-state index in [9.17, 15) is 24.3 Å². The van der Waals surface area contributed by atoms with Gasteiger partial charge in [-0.15, -0.1) is 0 Å². The predicted octanol–water partition coefficient (Wildman–Crippen LogP) is 6.38. The molecule has 0 aliphatic rings. The molecule has 0 heterocycles. The van der Waals surface area contributed by atoms with E-state index in [-0.39, 0.29) is 30.1 Å². The van der Waals surface area contributed by atoms with Crippen molar-refractivity contribution >= 4 is 23.9 Å². The number of carbonyl (C=O) groups excluding carboxylic acids is 4. The van der Waals surface area contributed by atoms with Crippen LogP contribution in [0.15, 0.2) is 48.5 Å². The SMILES string of the molecule is CCC(C)N(C(=O)C(CC(C)C)NC(=O)OC(C)(C)C)C(C(=O)NC(Cc1ccccc1)C(=O)OC(C)(C)C)c1cccc(C)c1O. The Labute approximate surface area is 280 Å². The molecule has 4 atom stereocenters. The Hall–Kier alpha value is -4.08. The van der Waals surface area contributed by atoms with E-state index in [2.05, 4.69) is 10.6 Å². The van der Waals surface area contributed by atoms with Crippen LogP contribution >= 0.6 is 0 Å². The molecule has 0 aromatic heterocycles. The summed E-state index contributed by atoms with van der Waals surface area (Å²) >= 11 is 0. The normalized spacial score (nSPS) is 14.4. The zero-order chi connectivity index (χ0) is 35.7. The number of phenolic OH excluding ortho intramolecular Hbond substituents is 1. The average Bonchev–Trinajstić information content (AvgIpc) is 2.94. The third kappa shape index (κ3) is 12.2. The second-order valence-corrected chi connectivity index (χ2v) is 14.5. The van der Waals surface area contributed by atoms with Crippen LogP contribution in [0.25, 0.3) is 0 Å². The van der Waals surface area contributed by atoms with Gasteiger partial charge in [-0.1, -0.05) is 69.3 Å². The lowest BCUT2D eigenvalue weighted by atomic mass is 9.95. The second kappa shape index (κ2) is 16.7. The van der Waals surface area contributed by atoms with Gasteiger partial charge < -0.3 is 30.1 Å². The number of hydrogen-bond donors (Lipinski definition) is 3. The number of aryl methyl sites for hydroxylation is 1. The number of phenols is 1. The Morgan fingerprint density at radius 3 is 1.96 bits per heavy atom. The number of alkyl carbamates (subject to hydrolysis) is 1. The van der Waals surface area contributed by atoms with Crippen LogP contribution < -0.4 is 10.6 Å². The van der Waals surface area contributed by atoms with Crippen molar-refractivity contribution in [1.82, 2.24) is 15.5 Å². The molecule has 10 nitrogen and oxygen atoms in total. The van der Waals surface area contributed by atoms with Crippen molar-refractivity contribution in [2.45, 2.75) is 131 Å². The summed E-state index contributed by atoms with van der Waals surface area (Å²) in [5.41, 5.74) is -0.111. The van der Waals surface area contributed by atoms with Gasteiger partial charge in [-0.3, -0.25) is 9.59 Å². The molecule has 0 aliphatic carbocycles. The van der Waals surface area contributed by atoms with E-state index in [1.165, 1.54) is 4.90 Å². The fraction of sp³-hybridized carbons (Fsp3) is 0.568. The van der Waals surface area contributed by atoms with E-state index in [0.29, 0.717) is 12.0 Å². The van der Waals surface area contributed by atoms with Crippen LogP contribution in [-0.4, -0.2) is 63.2 Å². The first-order valence-electron chi connectivity index (χ1n) is 16.4. The summed E-state index contributed by atoms with van der Waals surface area (Å²) < 4.78 is 11.2. The highest BCUT2D eigenvalue weighted by atomic mass is 16.6. The summed E-state index contributed by atoms with van der Waals surface area (Å²) in [6.07, 6.45) is 0.116. The van der Waals surface area contributed by atoms with Crippen LogP contribution in [0.1, 0.15) is 105 Å². The summed E-state index contributed by atoms with van der Waals surface area (Å²) in [4.78, 5) is 57.0. The summed E-state index contributed by atoms with van der Waals surface area (Å²) in [5, 5.41) is 16.9. The smallest absolute Gasteiger partial charge is 0.408 e. The van der Waals surface area contributed by atoms with Crippen LogP contribution in [0.4, 0.5) is 4.79 Å². The number of esters is 1. The third-order valence-corrected chi connectivity index (χ3v) is 7.40. The Kier molecular flexibility index (Phi) is 13.9. The number of aromatic hydroxyl groups is 1. The standard InChI is InChI=1S/C37H55N3O7/c1-12-25(5)40(33(43)28(21-23(2)3)39-35(45)47-37(9,10)11)30(27-20-16-17-24(4)31(27)41)32(42)38-29(34(44)46-36(6,7)8)22-26-18-14-13-15-19-26/h13-20,23,25,28-30,41H,12,21-22H2,1-11H3,(H,38,42)(H,39,45). The van der Waals surface area contributed by atoms with Crippen LogP contribution in [0.5, 0.6) is 5.75 Å². The van der Waals surface area contributed by atoms with Gasteiger partial charge in [0.15, 0.2) is 0 Å². The number of ether oxygens (including phenoxy) is 2. The Morgan fingerprint density at radius 1 is 0.830 bits per heavy atom. The number of amides is 3. The zero-order valence-corrected chi connectivity index (χ0v) is 30.0. The molecule has 3 amide bonds. The fourth-order valence-electron chi connectivity index (χ4n) is 5.10. The Bertz CT molecular complexity index is 1360. The third-order valence-electron chi connectivity index (χ3n) is 7.40. The highest BCUT2D eigenvalue weighted by Crippen LogP contribution is 2.34. The van der Waals surface area contributed by atoms with Crippen molar-refractivity contribution in [3.8, 4) is 5.75 Å². The first kappa shape index (κ1) is 39.1. The van der Waals surface area contributed by atoms with Crippen LogP contribution in [0, 0.1) is 12.8 Å². The lowest BCUT2D eigenvalue weighted by Gasteiger charge is -2.39. The first-order chi connectivity index (χ1) is 21.7. The lowest BCUT2D eigenvalue weighted by Crippen LogP contribution is -2.57. The molecule has 47 heavy (non-hydrogen) atoms. The van der Waals surface area contributed by atoms with Crippen molar-refractivity contribution in [2.24, 2.45) is 5.92 Å². The van der Waals surface area contributed by atoms with Crippen LogP contribution in [0.2, 0.25) is 0 Å². The topological polar surface area (TPSA) is 134 Å². The van der Waals surface area contributed by atoms with Gasteiger partial charge in [0, 0.05) is 18.0 Å². The van der Waals surface area contributed by atoms with Gasteiger partial charge >= 0.3 is 12.1 Å². The molecule has 0 radical (unpaired) electrons. The van der Waals surface area contributed by atoms with Gasteiger partial charge in [-0.25, -0.2) is 9.59 Å². The summed E-state index contributed by atoms with van der Waals surface area (Å²) in [6, 6.07) is 10.2. The molecule has 10 heteroatoms. The molecule has 0 saturated heterocycles. The molecular formula is C37H55N3O7. The Balaban J connectivity index is 2.70. The van der Waals surface area contributed by atoms with Gasteiger partial charge in [-0.2, -0.15) is 0 Å². The largest absolute Gasteiger partial charge is 0.507 e. The number of hydrogen-bond acceptors (Lipinski definition) is 7. The fourth-order valence-corrected chi connectivity index (χ4v) is 5.10. The summed E-state index contributed by atoms with van der Waals surface area (Å²) in [7, 11) is 0. The molecule has 0 spiro atoms. The molecule has 260 valence electrons. The molecule has 3 N–H and O–H groups in total. The van der Waals surface area contributed by atoms with Crippen molar-refractivity contribution in [3.05, 3.63) is 65.2 Å². The van der Waals surface area contributed by atoms with E-state index in [4.69, 9.17) is 9.47 Å². The molecule has 0 fully saturated rings. The summed E-state index contributed by atoms with van der Waals surface area (Å²) in [6.45, 7) is 19.7. The number of nitrogens with zero attached hydrogens (tertiary/aromatic N) is 1. The van der Waals surface area contributed by atoms with Gasteiger partial charge in [-0.05, 0) is 85.3 Å². The summed E-state index contributed by atoms with van der Waals surface area (Å²) in [5.74, 6) is -1.97. The maximum atomic E-state index is 14.6. The molecule has 2 rings (SSSR count). The van der Waals surface area contributed by atoms with Crippen LogP contribution in [-0.2, 0) is 30.3 Å². The van der Waals surface area contributed by atoms with Gasteiger partial charge in [0.2, 0.25) is 11.8 Å². The van der Waals surface area contributed by atoms with Crippen LogP contribution in [0.3, 0.4) is 0 Å². The predicted molar refractivity (Wildman–Crippen MR) is 183 cm³/mol. The first-order valence-corrected chi connectivity index (χ1v) is 16.4. The molecule has 2 aromatic rings. The molecule has 2 aromatic carbocycles. The molecule has 0 saturated carbocycles. The zero-order valence-electron chi connectivity index (χ0n) is 30.0. The van der Waals surface area contributed by atoms with Crippen molar-refractivity contribution < 1.29 is 33.8 Å².